The normalized spacial score (nSPS) is 14.7. The van der Waals surface area contributed by atoms with Crippen molar-refractivity contribution in [3.8, 4) is 0 Å². The van der Waals surface area contributed by atoms with E-state index in [0.717, 1.165) is 12.8 Å². The number of ether oxygens (including phenoxy) is 1. The molecular weight excluding hydrogens is 319 g/mol. The van der Waals surface area contributed by atoms with Crippen molar-refractivity contribution in [2.45, 2.75) is 58.0 Å². The molecule has 0 aromatic carbocycles. The average Bonchev–Trinajstić information content (AvgIpc) is 2.63. The van der Waals surface area contributed by atoms with Crippen molar-refractivity contribution in [2.24, 2.45) is 0 Å². The number of rotatable bonds is 6. The molecule has 1 atom stereocenters. The molecular formula is C13H23Cl2OSiTi. The summed E-state index contributed by atoms with van der Waals surface area (Å²) < 4.78 is 5.97. The Hall–Kier alpha value is 0.951. The molecule has 0 aromatic rings. The van der Waals surface area contributed by atoms with Crippen molar-refractivity contribution in [1.29, 1.82) is 0 Å². The fraction of sp³-hybridized carbons (Fsp3) is 0.692. The maximum atomic E-state index is 5.97. The predicted octanol–water partition coefficient (Wildman–Crippen LogP) is -2.72. The molecule has 0 spiro atoms. The molecule has 103 valence electrons. The van der Waals surface area contributed by atoms with Gasteiger partial charge in [-0.2, -0.15) is 6.08 Å². The first-order valence-electron chi connectivity index (χ1n) is 6.01. The van der Waals surface area contributed by atoms with Gasteiger partial charge in [0.25, 0.3) is 0 Å². The number of halogens is 2. The number of allylic oxidation sites excluding steroid dienone is 4. The number of hydrogen-bond acceptors (Lipinski definition) is 1. The zero-order chi connectivity index (χ0) is 11.3. The molecule has 1 rings (SSSR count). The molecule has 0 bridgehead atoms. The topological polar surface area (TPSA) is 9.23 Å². The fourth-order valence-electron chi connectivity index (χ4n) is 1.83. The van der Waals surface area contributed by atoms with Crippen LogP contribution in [0, 0.1) is 6.08 Å². The largest absolute Gasteiger partial charge is 3.00 e. The summed E-state index contributed by atoms with van der Waals surface area (Å²) in [5.74, 6) is 0. The summed E-state index contributed by atoms with van der Waals surface area (Å²) in [5.41, 5.74) is 1.90. The van der Waals surface area contributed by atoms with E-state index in [1.165, 1.54) is 12.0 Å². The first kappa shape index (κ1) is 24.0. The summed E-state index contributed by atoms with van der Waals surface area (Å²) in [6.07, 6.45) is 11.4. The zero-order valence-electron chi connectivity index (χ0n) is 11.7. The Morgan fingerprint density at radius 2 is 1.94 bits per heavy atom. The van der Waals surface area contributed by atoms with E-state index < -0.39 is 8.80 Å². The Balaban J connectivity index is -0.000000750. The second-order valence-corrected chi connectivity index (χ2v) is 8.05. The summed E-state index contributed by atoms with van der Waals surface area (Å²) in [5, 5.41) is 0. The predicted molar refractivity (Wildman–Crippen MR) is 68.6 cm³/mol. The molecule has 0 saturated heterocycles. The Bertz CT molecular complexity index is 255. The molecule has 0 heterocycles. The van der Waals surface area contributed by atoms with Crippen LogP contribution in [0.25, 0.3) is 0 Å². The van der Waals surface area contributed by atoms with E-state index >= 15 is 0 Å². The Kier molecular flexibility index (Phi) is 17.3. The van der Waals surface area contributed by atoms with Crippen LogP contribution in [-0.2, 0) is 26.5 Å². The van der Waals surface area contributed by atoms with E-state index in [-0.39, 0.29) is 46.5 Å². The molecule has 1 nitrogen and oxygen atoms in total. The van der Waals surface area contributed by atoms with E-state index in [1.54, 1.807) is 0 Å². The van der Waals surface area contributed by atoms with Gasteiger partial charge < -0.3 is 29.6 Å². The molecule has 1 radical (unpaired) electrons. The maximum Gasteiger partial charge on any atom is 3.00 e. The van der Waals surface area contributed by atoms with E-state index in [0.29, 0.717) is 11.8 Å². The Morgan fingerprint density at radius 1 is 1.33 bits per heavy atom. The Labute approximate surface area is 141 Å². The molecule has 0 aliphatic heterocycles. The van der Waals surface area contributed by atoms with Crippen LogP contribution < -0.4 is 24.8 Å². The molecule has 5 heteroatoms. The van der Waals surface area contributed by atoms with Gasteiger partial charge in [-0.3, -0.25) is 6.08 Å². The van der Waals surface area contributed by atoms with Gasteiger partial charge in [-0.25, -0.2) is 11.6 Å². The van der Waals surface area contributed by atoms with Gasteiger partial charge in [0.2, 0.25) is 0 Å². The third-order valence-electron chi connectivity index (χ3n) is 2.65. The van der Waals surface area contributed by atoms with Gasteiger partial charge in [0, 0.05) is 5.73 Å². The molecule has 1 unspecified atom stereocenters. The third-order valence-corrected chi connectivity index (χ3v) is 4.63. The van der Waals surface area contributed by atoms with Gasteiger partial charge in [0.05, 0.1) is 14.9 Å². The smallest absolute Gasteiger partial charge is 1.00 e. The van der Waals surface area contributed by atoms with Gasteiger partial charge in [0.1, 0.15) is 0 Å². The van der Waals surface area contributed by atoms with Gasteiger partial charge in [0.15, 0.2) is 0 Å². The first-order chi connectivity index (χ1) is 7.09. The minimum absolute atomic E-state index is 0. The van der Waals surface area contributed by atoms with Crippen LogP contribution in [0.4, 0.5) is 0 Å². The second kappa shape index (κ2) is 13.0. The first-order valence-corrected chi connectivity index (χ1v) is 8.99. The van der Waals surface area contributed by atoms with Crippen molar-refractivity contribution < 1.29 is 51.3 Å². The summed E-state index contributed by atoms with van der Waals surface area (Å²) in [6.45, 7) is 9.00. The van der Waals surface area contributed by atoms with Gasteiger partial charge in [-0.05, 0) is 20.3 Å². The molecule has 0 amide bonds. The quantitative estimate of drug-likeness (QED) is 0.377. The van der Waals surface area contributed by atoms with Crippen molar-refractivity contribution in [3.63, 3.8) is 0 Å². The molecule has 0 aromatic heterocycles. The van der Waals surface area contributed by atoms with E-state index in [9.17, 15) is 0 Å². The van der Waals surface area contributed by atoms with Crippen molar-refractivity contribution in [3.05, 3.63) is 23.8 Å². The van der Waals surface area contributed by atoms with Crippen LogP contribution in [0.1, 0.15) is 33.1 Å². The average molecular weight is 342 g/mol. The monoisotopic (exact) mass is 341 g/mol. The van der Waals surface area contributed by atoms with E-state index in [2.05, 4.69) is 45.2 Å². The molecule has 0 saturated carbocycles. The summed E-state index contributed by atoms with van der Waals surface area (Å²) >= 11 is 0. The van der Waals surface area contributed by atoms with E-state index in [4.69, 9.17) is 4.74 Å². The molecule has 1 aliphatic rings. The Morgan fingerprint density at radius 3 is 2.33 bits per heavy atom. The maximum absolute atomic E-state index is 5.97. The van der Waals surface area contributed by atoms with Gasteiger partial charge >= 0.3 is 21.7 Å². The van der Waals surface area contributed by atoms with Gasteiger partial charge in [-0.15, -0.1) is 6.42 Å². The van der Waals surface area contributed by atoms with Crippen molar-refractivity contribution in [2.75, 3.05) is 0 Å². The molecule has 18 heavy (non-hydrogen) atoms. The molecule has 0 N–H and O–H groups in total. The van der Waals surface area contributed by atoms with Crippen LogP contribution in [0.2, 0.25) is 13.1 Å². The molecule has 1 aliphatic carbocycles. The standard InChI is InChI=1S/C13H23OSi.2ClH.Ti/c1-11(2)14-13(15(3)4)10-9-12-7-5-6-8-12;;;/h5,7,11,13,15H,6,9-10H2,1-4H3;2*1H;/q-1;;;+3/p-2. The van der Waals surface area contributed by atoms with E-state index in [1.807, 2.05) is 0 Å². The third kappa shape index (κ3) is 9.83. The minimum Gasteiger partial charge on any atom is -1.00 e. The van der Waals surface area contributed by atoms with Crippen molar-refractivity contribution >= 4 is 8.80 Å². The van der Waals surface area contributed by atoms with Crippen LogP contribution in [-0.4, -0.2) is 20.6 Å². The van der Waals surface area contributed by atoms with Crippen LogP contribution in [0.3, 0.4) is 0 Å². The van der Waals surface area contributed by atoms with Crippen LogP contribution in [0.15, 0.2) is 17.7 Å². The second-order valence-electron chi connectivity index (χ2n) is 4.81. The summed E-state index contributed by atoms with van der Waals surface area (Å²) in [7, 11) is -0.690. The SMILES string of the molecule is CC(C)OC(CCC1=[C-]CC=C1)[SiH](C)C.[Cl-].[Cl-].[Ti+3]. The van der Waals surface area contributed by atoms with Gasteiger partial charge in [-0.1, -0.05) is 19.5 Å². The minimum atomic E-state index is -0.690. The molecule has 0 fully saturated rings. The van der Waals surface area contributed by atoms with Crippen LogP contribution in [0.5, 0.6) is 0 Å². The summed E-state index contributed by atoms with van der Waals surface area (Å²) in [6, 6.07) is 0. The van der Waals surface area contributed by atoms with Crippen LogP contribution >= 0.6 is 0 Å². The number of hydrogen-bond donors (Lipinski definition) is 0. The summed E-state index contributed by atoms with van der Waals surface area (Å²) in [4.78, 5) is 0. The zero-order valence-corrected chi connectivity index (χ0v) is 15.9. The van der Waals surface area contributed by atoms with Crippen molar-refractivity contribution in [1.82, 2.24) is 0 Å². The fourth-order valence-corrected chi connectivity index (χ4v) is 3.29.